The summed E-state index contributed by atoms with van der Waals surface area (Å²) in [4.78, 5) is 11.5. The molecule has 0 saturated carbocycles. The summed E-state index contributed by atoms with van der Waals surface area (Å²) >= 11 is 3.22. The Hall–Kier alpha value is -1.07. The number of carbonyl (C=O) groups is 1. The van der Waals surface area contributed by atoms with E-state index in [1.54, 1.807) is 18.2 Å². The molecule has 0 fully saturated rings. The van der Waals surface area contributed by atoms with Gasteiger partial charge in [0.25, 0.3) is 5.91 Å². The summed E-state index contributed by atoms with van der Waals surface area (Å²) in [5.74, 6) is -0.252. The summed E-state index contributed by atoms with van der Waals surface area (Å²) < 4.78 is 0.579. The fourth-order valence-corrected chi connectivity index (χ4v) is 1.43. The van der Waals surface area contributed by atoms with Crippen LogP contribution in [0.1, 0.15) is 10.4 Å². The molecular formula is C9H11BrN2O2. The molecule has 4 nitrogen and oxygen atoms in total. The van der Waals surface area contributed by atoms with Crippen LogP contribution in [0.5, 0.6) is 0 Å². The average Bonchev–Trinajstić information content (AvgIpc) is 2.18. The van der Waals surface area contributed by atoms with Gasteiger partial charge in [-0.3, -0.25) is 4.79 Å². The number of halogens is 1. The van der Waals surface area contributed by atoms with E-state index in [1.807, 2.05) is 0 Å². The van der Waals surface area contributed by atoms with E-state index in [9.17, 15) is 4.79 Å². The van der Waals surface area contributed by atoms with E-state index in [0.717, 1.165) is 0 Å². The van der Waals surface area contributed by atoms with E-state index in [4.69, 9.17) is 10.8 Å². The highest BCUT2D eigenvalue weighted by Crippen LogP contribution is 2.23. The van der Waals surface area contributed by atoms with Gasteiger partial charge in [-0.25, -0.2) is 0 Å². The van der Waals surface area contributed by atoms with E-state index < -0.39 is 0 Å². The molecule has 5 heteroatoms. The van der Waals surface area contributed by atoms with E-state index >= 15 is 0 Å². The van der Waals surface area contributed by atoms with Gasteiger partial charge in [-0.15, -0.1) is 0 Å². The SMILES string of the molecule is Nc1cccc(C(=O)NCCO)c1Br. The molecule has 0 aliphatic heterocycles. The molecule has 0 unspecified atom stereocenters. The van der Waals surface area contributed by atoms with Gasteiger partial charge in [0.2, 0.25) is 0 Å². The lowest BCUT2D eigenvalue weighted by Gasteiger charge is -2.06. The summed E-state index contributed by atoms with van der Waals surface area (Å²) in [6.45, 7) is 0.158. The summed E-state index contributed by atoms with van der Waals surface area (Å²) in [6, 6.07) is 5.06. The van der Waals surface area contributed by atoms with Crippen LogP contribution in [0.2, 0.25) is 0 Å². The normalized spacial score (nSPS) is 9.86. The van der Waals surface area contributed by atoms with Crippen molar-refractivity contribution in [3.8, 4) is 0 Å². The summed E-state index contributed by atoms with van der Waals surface area (Å²) in [5.41, 5.74) is 6.60. The molecular weight excluding hydrogens is 248 g/mol. The van der Waals surface area contributed by atoms with Gasteiger partial charge in [-0.1, -0.05) is 6.07 Å². The fourth-order valence-electron chi connectivity index (χ4n) is 0.990. The Kier molecular flexibility index (Phi) is 3.91. The molecule has 4 N–H and O–H groups in total. The first-order valence-electron chi connectivity index (χ1n) is 4.10. The summed E-state index contributed by atoms with van der Waals surface area (Å²) in [6.07, 6.45) is 0. The van der Waals surface area contributed by atoms with Crippen LogP contribution in [-0.4, -0.2) is 24.2 Å². The molecule has 0 bridgehead atoms. The van der Waals surface area contributed by atoms with E-state index in [-0.39, 0.29) is 19.1 Å². The highest BCUT2D eigenvalue weighted by molar-refractivity contribution is 9.10. The average molecular weight is 259 g/mol. The highest BCUT2D eigenvalue weighted by atomic mass is 79.9. The number of amides is 1. The Morgan fingerprint density at radius 3 is 2.93 bits per heavy atom. The van der Waals surface area contributed by atoms with Crippen molar-refractivity contribution in [3.63, 3.8) is 0 Å². The van der Waals surface area contributed by atoms with Crippen molar-refractivity contribution in [1.82, 2.24) is 5.32 Å². The number of aliphatic hydroxyl groups excluding tert-OH is 1. The summed E-state index contributed by atoms with van der Waals surface area (Å²) in [7, 11) is 0. The standard InChI is InChI=1S/C9H11BrN2O2/c10-8-6(2-1-3-7(8)11)9(14)12-4-5-13/h1-3,13H,4-5,11H2,(H,12,14). The van der Waals surface area contributed by atoms with Gasteiger partial charge in [0, 0.05) is 12.2 Å². The maximum atomic E-state index is 11.5. The molecule has 1 aromatic rings. The number of rotatable bonds is 3. The molecule has 0 radical (unpaired) electrons. The molecule has 0 spiro atoms. The number of hydrogen-bond acceptors (Lipinski definition) is 3. The van der Waals surface area contributed by atoms with Crippen LogP contribution in [-0.2, 0) is 0 Å². The lowest BCUT2D eigenvalue weighted by molar-refractivity contribution is 0.0944. The van der Waals surface area contributed by atoms with Crippen LogP contribution in [0.25, 0.3) is 0 Å². The molecule has 0 atom stereocenters. The minimum atomic E-state index is -0.252. The quantitative estimate of drug-likeness (QED) is 0.701. The van der Waals surface area contributed by atoms with Crippen LogP contribution in [0.4, 0.5) is 5.69 Å². The second kappa shape index (κ2) is 4.97. The van der Waals surface area contributed by atoms with Gasteiger partial charge >= 0.3 is 0 Å². The molecule has 0 aliphatic carbocycles. The first-order chi connectivity index (χ1) is 6.66. The number of nitrogens with one attached hydrogen (secondary N) is 1. The molecule has 1 rings (SSSR count). The van der Waals surface area contributed by atoms with Crippen molar-refractivity contribution in [2.75, 3.05) is 18.9 Å². The predicted octanol–water partition coefficient (Wildman–Crippen LogP) is 0.753. The maximum absolute atomic E-state index is 11.5. The van der Waals surface area contributed by atoms with E-state index in [1.165, 1.54) is 0 Å². The Labute approximate surface area is 90.2 Å². The zero-order valence-corrected chi connectivity index (χ0v) is 9.04. The van der Waals surface area contributed by atoms with E-state index in [2.05, 4.69) is 21.2 Å². The maximum Gasteiger partial charge on any atom is 0.252 e. The summed E-state index contributed by atoms with van der Waals surface area (Å²) in [5, 5.41) is 11.1. The van der Waals surface area contributed by atoms with Crippen LogP contribution in [0, 0.1) is 0 Å². The van der Waals surface area contributed by atoms with Crippen molar-refractivity contribution in [2.45, 2.75) is 0 Å². The first-order valence-corrected chi connectivity index (χ1v) is 4.89. The smallest absolute Gasteiger partial charge is 0.252 e. The molecule has 0 saturated heterocycles. The van der Waals surface area contributed by atoms with Crippen molar-refractivity contribution in [2.24, 2.45) is 0 Å². The van der Waals surface area contributed by atoms with Crippen molar-refractivity contribution in [1.29, 1.82) is 0 Å². The molecule has 76 valence electrons. The van der Waals surface area contributed by atoms with Gasteiger partial charge in [0.15, 0.2) is 0 Å². The lowest BCUT2D eigenvalue weighted by atomic mass is 10.2. The number of anilines is 1. The van der Waals surface area contributed by atoms with E-state index in [0.29, 0.717) is 15.7 Å². The number of nitrogen functional groups attached to an aromatic ring is 1. The number of benzene rings is 1. The Morgan fingerprint density at radius 2 is 2.29 bits per heavy atom. The molecule has 1 aromatic carbocycles. The largest absolute Gasteiger partial charge is 0.398 e. The highest BCUT2D eigenvalue weighted by Gasteiger charge is 2.10. The van der Waals surface area contributed by atoms with Crippen molar-refractivity contribution in [3.05, 3.63) is 28.2 Å². The number of carbonyl (C=O) groups excluding carboxylic acids is 1. The van der Waals surface area contributed by atoms with Gasteiger partial charge in [0.1, 0.15) is 0 Å². The zero-order valence-electron chi connectivity index (χ0n) is 7.46. The van der Waals surface area contributed by atoms with Gasteiger partial charge in [0.05, 0.1) is 16.6 Å². The van der Waals surface area contributed by atoms with Gasteiger partial charge in [-0.2, -0.15) is 0 Å². The second-order valence-corrected chi connectivity index (χ2v) is 3.48. The molecule has 0 aromatic heterocycles. The third-order valence-corrected chi connectivity index (χ3v) is 2.56. The zero-order chi connectivity index (χ0) is 10.6. The van der Waals surface area contributed by atoms with Gasteiger partial charge < -0.3 is 16.2 Å². The monoisotopic (exact) mass is 258 g/mol. The van der Waals surface area contributed by atoms with Crippen LogP contribution in [0.15, 0.2) is 22.7 Å². The topological polar surface area (TPSA) is 75.4 Å². The van der Waals surface area contributed by atoms with Crippen molar-refractivity contribution >= 4 is 27.5 Å². The van der Waals surface area contributed by atoms with Crippen LogP contribution in [0.3, 0.4) is 0 Å². The third kappa shape index (κ3) is 2.46. The number of hydrogen-bond donors (Lipinski definition) is 3. The Balaban J connectivity index is 2.84. The van der Waals surface area contributed by atoms with Gasteiger partial charge in [-0.05, 0) is 28.1 Å². The second-order valence-electron chi connectivity index (χ2n) is 2.69. The predicted molar refractivity (Wildman–Crippen MR) is 58.0 cm³/mol. The molecule has 0 aliphatic rings. The van der Waals surface area contributed by atoms with Crippen molar-refractivity contribution < 1.29 is 9.90 Å². The van der Waals surface area contributed by atoms with Crippen LogP contribution >= 0.6 is 15.9 Å². The first kappa shape index (κ1) is 11.0. The fraction of sp³-hybridized carbons (Fsp3) is 0.222. The minimum absolute atomic E-state index is 0.0777. The van der Waals surface area contributed by atoms with Crippen LogP contribution < -0.4 is 11.1 Å². The Bertz CT molecular complexity index is 342. The number of nitrogens with two attached hydrogens (primary N) is 1. The molecule has 14 heavy (non-hydrogen) atoms. The number of aliphatic hydroxyl groups is 1. The molecule has 1 amide bonds. The third-order valence-electron chi connectivity index (χ3n) is 1.67. The minimum Gasteiger partial charge on any atom is -0.398 e. The lowest BCUT2D eigenvalue weighted by Crippen LogP contribution is -2.26. The molecule has 0 heterocycles. The Morgan fingerprint density at radius 1 is 1.57 bits per heavy atom.